The van der Waals surface area contributed by atoms with E-state index < -0.39 is 23.8 Å². The largest absolute Gasteiger partial charge is 0.497 e. The summed E-state index contributed by atoms with van der Waals surface area (Å²) in [5.41, 5.74) is 0.951. The van der Waals surface area contributed by atoms with Gasteiger partial charge in [-0.3, -0.25) is 9.59 Å². The van der Waals surface area contributed by atoms with Crippen LogP contribution in [-0.2, 0) is 30.4 Å². The van der Waals surface area contributed by atoms with Crippen molar-refractivity contribution in [3.63, 3.8) is 0 Å². The van der Waals surface area contributed by atoms with Gasteiger partial charge < -0.3 is 18.9 Å². The van der Waals surface area contributed by atoms with Crippen LogP contribution in [0.5, 0.6) is 5.75 Å². The summed E-state index contributed by atoms with van der Waals surface area (Å²) in [6.45, 7) is 7.93. The molecule has 6 heteroatoms. The molecule has 0 aliphatic heterocycles. The van der Waals surface area contributed by atoms with Crippen molar-refractivity contribution < 1.29 is 28.5 Å². The second-order valence-electron chi connectivity index (χ2n) is 5.24. The third-order valence-corrected chi connectivity index (χ3v) is 3.55. The van der Waals surface area contributed by atoms with Crippen LogP contribution in [0.25, 0.3) is 0 Å². The summed E-state index contributed by atoms with van der Waals surface area (Å²) < 4.78 is 20.7. The molecule has 0 radical (unpaired) electrons. The predicted octanol–water partition coefficient (Wildman–Crippen LogP) is 2.76. The van der Waals surface area contributed by atoms with E-state index in [9.17, 15) is 9.59 Å². The molecule has 0 aliphatic rings. The number of hydrogen-bond donors (Lipinski definition) is 0. The number of hydrogen-bond acceptors (Lipinski definition) is 6. The third kappa shape index (κ3) is 6.58. The molecule has 0 spiro atoms. The molecule has 0 bridgehead atoms. The Balaban J connectivity index is 2.69. The van der Waals surface area contributed by atoms with E-state index in [-0.39, 0.29) is 19.8 Å². The number of carbonyl (C=O) groups is 2. The molecule has 0 amide bonds. The zero-order chi connectivity index (χ0) is 18.7. The first-order valence-electron chi connectivity index (χ1n) is 8.23. The molecular formula is C19H26O6. The summed E-state index contributed by atoms with van der Waals surface area (Å²) in [4.78, 5) is 24.2. The van der Waals surface area contributed by atoms with Gasteiger partial charge in [0, 0.05) is 5.92 Å². The maximum atomic E-state index is 12.1. The molecule has 1 unspecified atom stereocenters. The molecule has 0 aromatic heterocycles. The predicted molar refractivity (Wildman–Crippen MR) is 93.1 cm³/mol. The summed E-state index contributed by atoms with van der Waals surface area (Å²) in [6.07, 6.45) is 1.52. The number of benzene rings is 1. The van der Waals surface area contributed by atoms with Gasteiger partial charge in [0.1, 0.15) is 5.75 Å². The highest BCUT2D eigenvalue weighted by Gasteiger charge is 2.36. The lowest BCUT2D eigenvalue weighted by Crippen LogP contribution is -2.35. The molecule has 25 heavy (non-hydrogen) atoms. The first kappa shape index (κ1) is 20.7. The fourth-order valence-corrected chi connectivity index (χ4v) is 2.24. The Hall–Kier alpha value is -2.34. The number of carbonyl (C=O) groups excluding carboxylic acids is 2. The molecule has 1 aromatic carbocycles. The minimum atomic E-state index is -1.08. The van der Waals surface area contributed by atoms with Crippen LogP contribution in [0.2, 0.25) is 0 Å². The lowest BCUT2D eigenvalue weighted by atomic mass is 9.93. The smallest absolute Gasteiger partial charge is 0.321 e. The third-order valence-electron chi connectivity index (χ3n) is 3.55. The molecule has 6 nitrogen and oxygen atoms in total. The van der Waals surface area contributed by atoms with Gasteiger partial charge in [-0.05, 0) is 31.5 Å². The van der Waals surface area contributed by atoms with Crippen molar-refractivity contribution in [1.82, 2.24) is 0 Å². The van der Waals surface area contributed by atoms with Crippen LogP contribution in [0.3, 0.4) is 0 Å². The van der Waals surface area contributed by atoms with Gasteiger partial charge in [0.2, 0.25) is 0 Å². The number of esters is 2. The highest BCUT2D eigenvalue weighted by atomic mass is 16.6. The molecule has 0 heterocycles. The van der Waals surface area contributed by atoms with E-state index in [2.05, 4.69) is 6.58 Å². The van der Waals surface area contributed by atoms with Crippen molar-refractivity contribution in [3.8, 4) is 5.75 Å². The van der Waals surface area contributed by atoms with Crippen LogP contribution in [0, 0.1) is 11.8 Å². The Labute approximate surface area is 148 Å². The molecule has 138 valence electrons. The van der Waals surface area contributed by atoms with Gasteiger partial charge >= 0.3 is 11.9 Å². The maximum absolute atomic E-state index is 12.1. The van der Waals surface area contributed by atoms with Gasteiger partial charge in [-0.25, -0.2) is 0 Å². The number of ether oxygens (including phenoxy) is 4. The average molecular weight is 350 g/mol. The summed E-state index contributed by atoms with van der Waals surface area (Å²) in [6, 6.07) is 7.44. The van der Waals surface area contributed by atoms with Crippen molar-refractivity contribution in [2.75, 3.05) is 26.9 Å². The Kier molecular flexibility index (Phi) is 9.32. The van der Waals surface area contributed by atoms with E-state index in [4.69, 9.17) is 18.9 Å². The SMILES string of the molecule is C=CC(COCc1ccc(OC)cc1)C(C(=O)OCC)C(=O)OCC. The minimum absolute atomic E-state index is 0.151. The summed E-state index contributed by atoms with van der Waals surface area (Å²) in [7, 11) is 1.60. The second kappa shape index (κ2) is 11.3. The molecule has 0 N–H and O–H groups in total. The molecule has 0 saturated carbocycles. The molecule has 1 aromatic rings. The van der Waals surface area contributed by atoms with Gasteiger partial charge in [0.15, 0.2) is 5.92 Å². The van der Waals surface area contributed by atoms with Crippen LogP contribution >= 0.6 is 0 Å². The monoisotopic (exact) mass is 350 g/mol. The molecule has 1 atom stereocenters. The van der Waals surface area contributed by atoms with Gasteiger partial charge in [-0.2, -0.15) is 0 Å². The summed E-state index contributed by atoms with van der Waals surface area (Å²) in [5, 5.41) is 0. The number of methoxy groups -OCH3 is 1. The van der Waals surface area contributed by atoms with Crippen molar-refractivity contribution >= 4 is 11.9 Å². The van der Waals surface area contributed by atoms with Crippen LogP contribution in [-0.4, -0.2) is 38.9 Å². The Morgan fingerprint density at radius 2 is 1.64 bits per heavy atom. The highest BCUT2D eigenvalue weighted by Crippen LogP contribution is 2.19. The van der Waals surface area contributed by atoms with Crippen LogP contribution in [0.4, 0.5) is 0 Å². The van der Waals surface area contributed by atoms with Crippen molar-refractivity contribution in [2.24, 2.45) is 11.8 Å². The van der Waals surface area contributed by atoms with Crippen LogP contribution in [0.15, 0.2) is 36.9 Å². The van der Waals surface area contributed by atoms with Crippen molar-refractivity contribution in [3.05, 3.63) is 42.5 Å². The molecule has 0 saturated heterocycles. The molecule has 0 aliphatic carbocycles. The van der Waals surface area contributed by atoms with E-state index in [0.29, 0.717) is 6.61 Å². The number of rotatable bonds is 11. The molecular weight excluding hydrogens is 324 g/mol. The van der Waals surface area contributed by atoms with Gasteiger partial charge in [0.25, 0.3) is 0 Å². The van der Waals surface area contributed by atoms with E-state index >= 15 is 0 Å². The van der Waals surface area contributed by atoms with Gasteiger partial charge in [-0.15, -0.1) is 6.58 Å². The summed E-state index contributed by atoms with van der Waals surface area (Å²) >= 11 is 0. The summed E-state index contributed by atoms with van der Waals surface area (Å²) in [5.74, 6) is -2.10. The average Bonchev–Trinajstić information content (AvgIpc) is 2.61. The van der Waals surface area contributed by atoms with E-state index in [1.54, 1.807) is 21.0 Å². The lowest BCUT2D eigenvalue weighted by Gasteiger charge is -2.21. The Morgan fingerprint density at radius 1 is 1.08 bits per heavy atom. The normalized spacial score (nSPS) is 11.7. The fraction of sp³-hybridized carbons (Fsp3) is 0.474. The standard InChI is InChI=1S/C19H26O6/c1-5-15(17(18(20)24-6-2)19(21)25-7-3)13-23-12-14-8-10-16(22-4)11-9-14/h5,8-11,15,17H,1,6-7,12-13H2,2-4H3. The zero-order valence-corrected chi connectivity index (χ0v) is 15.0. The van der Waals surface area contributed by atoms with E-state index in [1.807, 2.05) is 24.3 Å². The zero-order valence-electron chi connectivity index (χ0n) is 15.0. The maximum Gasteiger partial charge on any atom is 0.321 e. The highest BCUT2D eigenvalue weighted by molar-refractivity contribution is 5.95. The molecule has 1 rings (SSSR count). The Bertz CT molecular complexity index is 534. The van der Waals surface area contributed by atoms with E-state index in [0.717, 1.165) is 11.3 Å². The topological polar surface area (TPSA) is 71.1 Å². The van der Waals surface area contributed by atoms with Crippen molar-refractivity contribution in [1.29, 1.82) is 0 Å². The molecule has 0 fully saturated rings. The lowest BCUT2D eigenvalue weighted by molar-refractivity contribution is -0.164. The van der Waals surface area contributed by atoms with Crippen molar-refractivity contribution in [2.45, 2.75) is 20.5 Å². The first-order chi connectivity index (χ1) is 12.1. The second-order valence-corrected chi connectivity index (χ2v) is 5.24. The Morgan fingerprint density at radius 3 is 2.08 bits per heavy atom. The van der Waals surface area contributed by atoms with Gasteiger partial charge in [0.05, 0.1) is 33.5 Å². The first-order valence-corrected chi connectivity index (χ1v) is 8.23. The fourth-order valence-electron chi connectivity index (χ4n) is 2.24. The van der Waals surface area contributed by atoms with Gasteiger partial charge in [-0.1, -0.05) is 18.2 Å². The minimum Gasteiger partial charge on any atom is -0.497 e. The van der Waals surface area contributed by atoms with E-state index in [1.165, 1.54) is 6.08 Å². The quantitative estimate of drug-likeness (QED) is 0.347. The van der Waals surface area contributed by atoms with Crippen LogP contribution < -0.4 is 4.74 Å². The van der Waals surface area contributed by atoms with Crippen LogP contribution in [0.1, 0.15) is 19.4 Å².